The average molecular weight is 389 g/mol. The molecule has 4 rings (SSSR count). The lowest BCUT2D eigenvalue weighted by Crippen LogP contribution is -2.55. The highest BCUT2D eigenvalue weighted by Crippen LogP contribution is 2.67. The molecular weight excluding hydrogens is 352 g/mol. The van der Waals surface area contributed by atoms with E-state index in [9.17, 15) is 14.7 Å². The van der Waals surface area contributed by atoms with Gasteiger partial charge in [0.25, 0.3) is 0 Å². The first-order valence-corrected chi connectivity index (χ1v) is 11.4. The molecule has 0 aromatic carbocycles. The number of methoxy groups -OCH3 is 1. The normalized spacial score (nSPS) is 42.2. The molecule has 1 N–H and O–H groups in total. The number of aliphatic hydroxyl groups excluding tert-OH is 1. The smallest absolute Gasteiger partial charge is 0.309 e. The van der Waals surface area contributed by atoms with Crippen molar-refractivity contribution in [3.05, 3.63) is 11.6 Å². The van der Waals surface area contributed by atoms with Crippen molar-refractivity contribution < 1.29 is 19.4 Å². The van der Waals surface area contributed by atoms with Crippen LogP contribution in [0, 0.1) is 34.5 Å². The Hall–Kier alpha value is -1.16. The fraction of sp³-hybridized carbons (Fsp3) is 0.833. The minimum atomic E-state index is -0.0964. The summed E-state index contributed by atoms with van der Waals surface area (Å²) in [5.41, 5.74) is 1.64. The zero-order valence-electron chi connectivity index (χ0n) is 17.5. The standard InChI is InChI=1S/C24H36O4/c1-23-11-7-17(26)14-16(23)15-18(22(27)28-2)21-19(23)8-12-24(9-3-4-13-25)10-5-6-20(21)24/h14,18-21,25H,3-13,15H2,1-2H3/t18-,19+,20+,21-,23+,24+/m1/s1. The molecule has 0 radical (unpaired) electrons. The van der Waals surface area contributed by atoms with Crippen molar-refractivity contribution in [2.45, 2.75) is 77.6 Å². The molecular formula is C24H36O4. The fourth-order valence-electron chi connectivity index (χ4n) is 7.78. The molecule has 0 bridgehead atoms. The van der Waals surface area contributed by atoms with Gasteiger partial charge in [-0.15, -0.1) is 0 Å². The molecule has 0 spiro atoms. The summed E-state index contributed by atoms with van der Waals surface area (Å²) < 4.78 is 5.27. The number of carbonyl (C=O) groups is 2. The number of fused-ring (bicyclic) bond motifs is 5. The Balaban J connectivity index is 1.70. The zero-order valence-corrected chi connectivity index (χ0v) is 17.5. The van der Waals surface area contributed by atoms with Crippen LogP contribution in [0.4, 0.5) is 0 Å². The summed E-state index contributed by atoms with van der Waals surface area (Å²) >= 11 is 0. The lowest BCUT2D eigenvalue weighted by atomic mass is 9.44. The summed E-state index contributed by atoms with van der Waals surface area (Å²) in [5, 5.41) is 9.26. The lowest BCUT2D eigenvalue weighted by molar-refractivity contribution is -0.158. The van der Waals surface area contributed by atoms with Crippen LogP contribution in [0.3, 0.4) is 0 Å². The largest absolute Gasteiger partial charge is 0.469 e. The number of ketones is 1. The zero-order chi connectivity index (χ0) is 19.9. The minimum Gasteiger partial charge on any atom is -0.469 e. The first kappa shape index (κ1) is 20.1. The number of esters is 1. The third-order valence-electron chi connectivity index (χ3n) is 9.13. The Kier molecular flexibility index (Phi) is 5.45. The molecule has 0 saturated heterocycles. The Bertz CT molecular complexity index is 668. The van der Waals surface area contributed by atoms with Gasteiger partial charge in [0.1, 0.15) is 0 Å². The fourth-order valence-corrected chi connectivity index (χ4v) is 7.78. The second-order valence-corrected chi connectivity index (χ2v) is 10.2. The quantitative estimate of drug-likeness (QED) is 0.558. The van der Waals surface area contributed by atoms with E-state index in [1.54, 1.807) is 0 Å². The molecule has 3 fully saturated rings. The molecule has 0 unspecified atom stereocenters. The van der Waals surface area contributed by atoms with E-state index in [1.807, 2.05) is 6.08 Å². The molecule has 0 amide bonds. The Morgan fingerprint density at radius 2 is 2.04 bits per heavy atom. The van der Waals surface area contributed by atoms with Gasteiger partial charge in [-0.25, -0.2) is 0 Å². The number of unbranched alkanes of at least 4 members (excludes halogenated alkanes) is 1. The molecule has 0 aromatic heterocycles. The van der Waals surface area contributed by atoms with Crippen molar-refractivity contribution in [1.82, 2.24) is 0 Å². The molecule has 0 heterocycles. The van der Waals surface area contributed by atoms with E-state index in [2.05, 4.69) is 6.92 Å². The Labute approximate surface area is 169 Å². The summed E-state index contributed by atoms with van der Waals surface area (Å²) in [4.78, 5) is 25.0. The van der Waals surface area contributed by atoms with E-state index in [-0.39, 0.29) is 29.7 Å². The first-order chi connectivity index (χ1) is 13.4. The van der Waals surface area contributed by atoms with Crippen molar-refractivity contribution in [2.24, 2.45) is 34.5 Å². The monoisotopic (exact) mass is 388 g/mol. The third-order valence-corrected chi connectivity index (χ3v) is 9.13. The second-order valence-electron chi connectivity index (χ2n) is 10.2. The van der Waals surface area contributed by atoms with Gasteiger partial charge in [0.2, 0.25) is 0 Å². The van der Waals surface area contributed by atoms with Crippen LogP contribution in [0.25, 0.3) is 0 Å². The second kappa shape index (κ2) is 7.59. The summed E-state index contributed by atoms with van der Waals surface area (Å²) in [5.74, 6) is 1.51. The van der Waals surface area contributed by atoms with Gasteiger partial charge in [0, 0.05) is 13.0 Å². The van der Waals surface area contributed by atoms with Crippen LogP contribution in [0.15, 0.2) is 11.6 Å². The average Bonchev–Trinajstić information content (AvgIpc) is 3.12. The lowest BCUT2D eigenvalue weighted by Gasteiger charge is -2.60. The maximum Gasteiger partial charge on any atom is 0.309 e. The van der Waals surface area contributed by atoms with Crippen LogP contribution in [0.2, 0.25) is 0 Å². The molecule has 6 atom stereocenters. The highest BCUT2D eigenvalue weighted by atomic mass is 16.5. The van der Waals surface area contributed by atoms with Crippen molar-refractivity contribution in [2.75, 3.05) is 13.7 Å². The van der Waals surface area contributed by atoms with E-state index in [0.29, 0.717) is 36.0 Å². The van der Waals surface area contributed by atoms with Crippen molar-refractivity contribution >= 4 is 11.8 Å². The summed E-state index contributed by atoms with van der Waals surface area (Å²) in [6.07, 6.45) is 13.5. The molecule has 3 saturated carbocycles. The van der Waals surface area contributed by atoms with Gasteiger partial charge in [0.15, 0.2) is 5.78 Å². The van der Waals surface area contributed by atoms with Gasteiger partial charge in [-0.1, -0.05) is 25.3 Å². The van der Waals surface area contributed by atoms with Crippen molar-refractivity contribution in [3.8, 4) is 0 Å². The Morgan fingerprint density at radius 1 is 1.21 bits per heavy atom. The Morgan fingerprint density at radius 3 is 2.79 bits per heavy atom. The van der Waals surface area contributed by atoms with E-state index >= 15 is 0 Å². The van der Waals surface area contributed by atoms with Gasteiger partial charge in [-0.2, -0.15) is 0 Å². The van der Waals surface area contributed by atoms with E-state index in [0.717, 1.165) is 25.7 Å². The van der Waals surface area contributed by atoms with Gasteiger partial charge in [-0.3, -0.25) is 9.59 Å². The van der Waals surface area contributed by atoms with Crippen LogP contribution in [0.1, 0.15) is 77.6 Å². The SMILES string of the molecule is COC(=O)[C@@H]1CC2=CC(=O)CC[C@]2(C)[C@H]2CC[C@]3(CCCCO)CCC[C@H]3[C@H]12. The van der Waals surface area contributed by atoms with E-state index in [4.69, 9.17) is 4.74 Å². The number of hydrogen-bond donors (Lipinski definition) is 1. The van der Waals surface area contributed by atoms with Crippen LogP contribution in [-0.4, -0.2) is 30.6 Å². The van der Waals surface area contributed by atoms with Crippen LogP contribution in [0.5, 0.6) is 0 Å². The number of rotatable bonds is 5. The van der Waals surface area contributed by atoms with Gasteiger partial charge in [0.05, 0.1) is 13.0 Å². The topological polar surface area (TPSA) is 63.6 Å². The predicted octanol–water partition coefficient (Wildman–Crippen LogP) is 4.45. The van der Waals surface area contributed by atoms with Crippen molar-refractivity contribution in [1.29, 1.82) is 0 Å². The van der Waals surface area contributed by atoms with Crippen LogP contribution < -0.4 is 0 Å². The van der Waals surface area contributed by atoms with Crippen LogP contribution in [-0.2, 0) is 14.3 Å². The molecule has 156 valence electrons. The number of aliphatic hydroxyl groups is 1. The number of hydrogen-bond acceptors (Lipinski definition) is 4. The first-order valence-electron chi connectivity index (χ1n) is 11.4. The van der Waals surface area contributed by atoms with E-state index < -0.39 is 0 Å². The third kappa shape index (κ3) is 3.07. The molecule has 0 aromatic rings. The van der Waals surface area contributed by atoms with Gasteiger partial charge < -0.3 is 9.84 Å². The van der Waals surface area contributed by atoms with Crippen LogP contribution >= 0.6 is 0 Å². The van der Waals surface area contributed by atoms with Crippen molar-refractivity contribution in [3.63, 3.8) is 0 Å². The van der Waals surface area contributed by atoms with Gasteiger partial charge in [-0.05, 0) is 86.0 Å². The number of carbonyl (C=O) groups excluding carboxylic acids is 2. The number of allylic oxidation sites excluding steroid dienone is 1. The summed E-state index contributed by atoms with van der Waals surface area (Å²) in [6.45, 7) is 2.64. The summed E-state index contributed by atoms with van der Waals surface area (Å²) in [7, 11) is 1.51. The highest BCUT2D eigenvalue weighted by molar-refractivity contribution is 5.92. The number of ether oxygens (including phenoxy) is 1. The molecule has 28 heavy (non-hydrogen) atoms. The molecule has 4 aliphatic carbocycles. The molecule has 0 aliphatic heterocycles. The highest BCUT2D eigenvalue weighted by Gasteiger charge is 2.61. The predicted molar refractivity (Wildman–Crippen MR) is 107 cm³/mol. The summed E-state index contributed by atoms with van der Waals surface area (Å²) in [6, 6.07) is 0. The maximum atomic E-state index is 12.9. The maximum absolute atomic E-state index is 12.9. The minimum absolute atomic E-state index is 0.0724. The van der Waals surface area contributed by atoms with E-state index in [1.165, 1.54) is 44.8 Å². The van der Waals surface area contributed by atoms with Gasteiger partial charge >= 0.3 is 5.97 Å². The molecule has 4 heteroatoms. The molecule has 4 nitrogen and oxygen atoms in total. The molecule has 4 aliphatic rings.